The second-order valence-corrected chi connectivity index (χ2v) is 9.11. The van der Waals surface area contributed by atoms with Crippen molar-refractivity contribution in [1.29, 1.82) is 0 Å². The fourth-order valence-electron chi connectivity index (χ4n) is 2.68. The van der Waals surface area contributed by atoms with Gasteiger partial charge in [-0.05, 0) is 55.7 Å². The van der Waals surface area contributed by atoms with Gasteiger partial charge in [-0.3, -0.25) is 4.98 Å². The summed E-state index contributed by atoms with van der Waals surface area (Å²) in [6, 6.07) is 16.6. The molecule has 206 valence electrons. The third-order valence-corrected chi connectivity index (χ3v) is 4.89. The second kappa shape index (κ2) is 19.9. The van der Waals surface area contributed by atoms with Gasteiger partial charge in [0.05, 0.1) is 29.2 Å². The zero-order chi connectivity index (χ0) is 29.1. The molecule has 0 radical (unpaired) electrons. The number of nitrogens with zero attached hydrogens (tertiary/aromatic N) is 4. The number of pyridine rings is 1. The number of methoxy groups -OCH3 is 1. The number of anilines is 1. The normalized spacial score (nSPS) is 10.0. The number of benzene rings is 2. The minimum atomic E-state index is 0.543. The number of aromatic nitrogens is 1. The minimum Gasteiger partial charge on any atom is -0.496 e. The molecule has 0 unspecified atom stereocenters. The van der Waals surface area contributed by atoms with E-state index in [0.29, 0.717) is 27.2 Å². The molecule has 1 heterocycles. The molecule has 3 rings (SSSR count). The Morgan fingerprint density at radius 2 is 1.66 bits per heavy atom. The lowest BCUT2D eigenvalue weighted by Gasteiger charge is -2.17. The molecule has 2 aromatic carbocycles. The maximum absolute atomic E-state index is 6.35. The highest BCUT2D eigenvalue weighted by atomic mass is 35.5. The van der Waals surface area contributed by atoms with Crippen LogP contribution in [0.1, 0.15) is 60.6 Å². The summed E-state index contributed by atoms with van der Waals surface area (Å²) in [5.41, 5.74) is 3.81. The van der Waals surface area contributed by atoms with Crippen molar-refractivity contribution in [3.63, 3.8) is 0 Å². The molecule has 0 spiro atoms. The van der Waals surface area contributed by atoms with E-state index in [0.717, 1.165) is 29.2 Å². The lowest BCUT2D eigenvalue weighted by molar-refractivity contribution is 0.416. The van der Waals surface area contributed by atoms with Crippen LogP contribution in [0.25, 0.3) is 11.1 Å². The Labute approximate surface area is 239 Å². The highest BCUT2D eigenvalue weighted by Crippen LogP contribution is 2.38. The third-order valence-electron chi connectivity index (χ3n) is 4.34. The summed E-state index contributed by atoms with van der Waals surface area (Å²) in [6.45, 7) is 21.5. The highest BCUT2D eigenvalue weighted by Gasteiger charge is 2.14. The van der Waals surface area contributed by atoms with E-state index in [4.69, 9.17) is 27.9 Å². The molecule has 0 aliphatic rings. The number of ether oxygens (including phenoxy) is 1. The van der Waals surface area contributed by atoms with Crippen molar-refractivity contribution in [3.8, 4) is 16.9 Å². The van der Waals surface area contributed by atoms with E-state index in [1.165, 1.54) is 5.12 Å². The van der Waals surface area contributed by atoms with Crippen molar-refractivity contribution >= 4 is 41.3 Å². The van der Waals surface area contributed by atoms with Crippen LogP contribution in [0.15, 0.2) is 83.7 Å². The third kappa shape index (κ3) is 12.4. The topological polar surface area (TPSA) is 50.1 Å². The molecule has 0 atom stereocenters. The first kappa shape index (κ1) is 34.9. The number of hydrazone groups is 2. The number of hydrogen-bond acceptors (Lipinski definition) is 5. The molecular weight excluding hydrogens is 515 g/mol. The van der Waals surface area contributed by atoms with Gasteiger partial charge in [0, 0.05) is 35.1 Å². The molecule has 0 amide bonds. The summed E-state index contributed by atoms with van der Waals surface area (Å²) in [4.78, 5) is 4.29. The Hall–Kier alpha value is -3.15. The van der Waals surface area contributed by atoms with Gasteiger partial charge in [0.2, 0.25) is 0 Å². The van der Waals surface area contributed by atoms with E-state index < -0.39 is 0 Å². The summed E-state index contributed by atoms with van der Waals surface area (Å²) in [6.07, 6.45) is 4.67. The zero-order valence-corrected chi connectivity index (χ0v) is 25.5. The summed E-state index contributed by atoms with van der Waals surface area (Å²) in [7, 11) is 1.60. The van der Waals surface area contributed by atoms with Gasteiger partial charge in [0.15, 0.2) is 0 Å². The lowest BCUT2D eigenvalue weighted by atomic mass is 10.0. The van der Waals surface area contributed by atoms with Gasteiger partial charge in [0.25, 0.3) is 0 Å². The molecular formula is C31H42Cl2N4O. The van der Waals surface area contributed by atoms with Gasteiger partial charge in [-0.25, -0.2) is 0 Å². The molecule has 0 saturated heterocycles. The van der Waals surface area contributed by atoms with E-state index >= 15 is 0 Å². The molecule has 0 bridgehead atoms. The fourth-order valence-corrected chi connectivity index (χ4v) is 3.19. The van der Waals surface area contributed by atoms with Crippen molar-refractivity contribution in [2.45, 2.75) is 54.9 Å². The molecule has 1 aromatic heterocycles. The molecule has 0 saturated carbocycles. The van der Waals surface area contributed by atoms with Crippen LogP contribution in [0.3, 0.4) is 0 Å². The standard InChI is InChI=1S/C21H18Cl2N4O.C4H10.C4H8.C2H6/c1-14(20-6-4-5-11-25-20)26-27(24-2)16-8-10-18(21(13-16)28-3)17-9-7-15(22)12-19(17)23;1-4(2)3;1-3-4-2;1-2/h4-13H,2H2,1,3H3;4H,1-3H3;3H,1,4H2,2H3;1-2H3/b26-14+;;;. The van der Waals surface area contributed by atoms with Gasteiger partial charge in [0.1, 0.15) is 5.75 Å². The molecule has 0 aliphatic carbocycles. The highest BCUT2D eigenvalue weighted by molar-refractivity contribution is 6.36. The maximum atomic E-state index is 6.35. The van der Waals surface area contributed by atoms with Crippen LogP contribution in [-0.2, 0) is 0 Å². The van der Waals surface area contributed by atoms with Crippen LogP contribution in [0, 0.1) is 5.92 Å². The second-order valence-electron chi connectivity index (χ2n) is 8.27. The van der Waals surface area contributed by atoms with Crippen molar-refractivity contribution in [3.05, 3.63) is 89.2 Å². The van der Waals surface area contributed by atoms with Gasteiger partial charge in [-0.2, -0.15) is 15.3 Å². The van der Waals surface area contributed by atoms with Gasteiger partial charge >= 0.3 is 0 Å². The first-order valence-electron chi connectivity index (χ1n) is 12.7. The average molecular weight is 558 g/mol. The van der Waals surface area contributed by atoms with Crippen LogP contribution < -0.4 is 9.85 Å². The summed E-state index contributed by atoms with van der Waals surface area (Å²) >= 11 is 12.4. The van der Waals surface area contributed by atoms with E-state index in [9.17, 15) is 0 Å². The number of rotatable bonds is 7. The quantitative estimate of drug-likeness (QED) is 0.165. The molecule has 7 heteroatoms. The zero-order valence-electron chi connectivity index (χ0n) is 24.0. The van der Waals surface area contributed by atoms with Gasteiger partial charge < -0.3 is 4.74 Å². The number of hydrogen-bond donors (Lipinski definition) is 0. The Balaban J connectivity index is 0.00000119. The van der Waals surface area contributed by atoms with Crippen LogP contribution in [-0.4, -0.2) is 24.5 Å². The maximum Gasteiger partial charge on any atom is 0.128 e. The van der Waals surface area contributed by atoms with E-state index in [1.54, 1.807) is 25.4 Å². The van der Waals surface area contributed by atoms with Crippen LogP contribution in [0.5, 0.6) is 5.75 Å². The monoisotopic (exact) mass is 556 g/mol. The first-order chi connectivity index (χ1) is 18.2. The number of allylic oxidation sites excluding steroid dienone is 1. The van der Waals surface area contributed by atoms with Crippen molar-refractivity contribution < 1.29 is 4.74 Å². The Morgan fingerprint density at radius 3 is 2.13 bits per heavy atom. The summed E-state index contributed by atoms with van der Waals surface area (Å²) in [5, 5.41) is 11.0. The van der Waals surface area contributed by atoms with Gasteiger partial charge in [-0.15, -0.1) is 6.58 Å². The molecule has 5 nitrogen and oxygen atoms in total. The minimum absolute atomic E-state index is 0.543. The molecule has 38 heavy (non-hydrogen) atoms. The fraction of sp³-hybridized carbons (Fsp3) is 0.323. The van der Waals surface area contributed by atoms with Crippen molar-refractivity contribution in [2.24, 2.45) is 16.1 Å². The van der Waals surface area contributed by atoms with Gasteiger partial charge in [-0.1, -0.05) is 83.0 Å². The van der Waals surface area contributed by atoms with E-state index in [1.807, 2.05) is 69.3 Å². The Morgan fingerprint density at radius 1 is 1.05 bits per heavy atom. The SMILES string of the molecule is C=CCC.C=NN(/N=C(\C)c1ccccn1)c1ccc(-c2ccc(Cl)cc2Cl)c(OC)c1.CC.CC(C)C. The molecule has 0 N–H and O–H groups in total. The van der Waals surface area contributed by atoms with E-state index in [-0.39, 0.29) is 0 Å². The van der Waals surface area contributed by atoms with E-state index in [2.05, 4.69) is 56.2 Å². The Kier molecular flexibility index (Phi) is 18.2. The molecule has 0 fully saturated rings. The lowest BCUT2D eigenvalue weighted by Crippen LogP contribution is -2.12. The molecule has 3 aromatic rings. The smallest absolute Gasteiger partial charge is 0.128 e. The van der Waals surface area contributed by atoms with Crippen LogP contribution in [0.2, 0.25) is 10.0 Å². The summed E-state index contributed by atoms with van der Waals surface area (Å²) in [5.74, 6) is 1.46. The van der Waals surface area contributed by atoms with Crippen LogP contribution >= 0.6 is 23.2 Å². The van der Waals surface area contributed by atoms with Crippen LogP contribution in [0.4, 0.5) is 5.69 Å². The molecule has 0 aliphatic heterocycles. The predicted molar refractivity (Wildman–Crippen MR) is 169 cm³/mol. The predicted octanol–water partition coefficient (Wildman–Crippen LogP) is 10.2. The Bertz CT molecular complexity index is 1130. The first-order valence-corrected chi connectivity index (χ1v) is 13.4. The van der Waals surface area contributed by atoms with Crippen molar-refractivity contribution in [2.75, 3.05) is 12.2 Å². The summed E-state index contributed by atoms with van der Waals surface area (Å²) < 4.78 is 5.57. The average Bonchev–Trinajstić information content (AvgIpc) is 2.93. The largest absolute Gasteiger partial charge is 0.496 e. The number of halogens is 2. The van der Waals surface area contributed by atoms with Crippen molar-refractivity contribution in [1.82, 2.24) is 4.98 Å².